The summed E-state index contributed by atoms with van der Waals surface area (Å²) < 4.78 is 63.8. The van der Waals surface area contributed by atoms with Gasteiger partial charge in [-0.3, -0.25) is 4.90 Å². The molecule has 3 aromatic rings. The van der Waals surface area contributed by atoms with Crippen LogP contribution in [0.3, 0.4) is 0 Å². The van der Waals surface area contributed by atoms with Gasteiger partial charge in [-0.1, -0.05) is 0 Å². The first kappa shape index (κ1) is 22.0. The number of carbonyl (C=O) groups excluding carboxylic acids is 1. The highest BCUT2D eigenvalue weighted by atomic mass is 19.4. The molecule has 0 bridgehead atoms. The molecule has 3 aromatic carbocycles. The van der Waals surface area contributed by atoms with Gasteiger partial charge in [-0.25, -0.2) is 9.18 Å². The van der Waals surface area contributed by atoms with Gasteiger partial charge in [0.15, 0.2) is 0 Å². The van der Waals surface area contributed by atoms with Gasteiger partial charge in [0.1, 0.15) is 29.7 Å². The van der Waals surface area contributed by atoms with Crippen LogP contribution in [0.5, 0.6) is 17.2 Å². The first-order valence-electron chi connectivity index (χ1n) is 9.65. The molecule has 1 aliphatic rings. The van der Waals surface area contributed by atoms with Crippen molar-refractivity contribution in [1.82, 2.24) is 0 Å². The van der Waals surface area contributed by atoms with Gasteiger partial charge in [0, 0.05) is 11.8 Å². The summed E-state index contributed by atoms with van der Waals surface area (Å²) in [5.41, 5.74) is -0.853. The number of alkyl halides is 3. The molecule has 0 radical (unpaired) electrons. The Hall–Kier alpha value is -4.26. The number of halogens is 4. The maximum absolute atomic E-state index is 13.5. The average molecular weight is 457 g/mol. The van der Waals surface area contributed by atoms with Crippen molar-refractivity contribution in [1.29, 1.82) is 5.26 Å². The fraction of sp³-hybridized carbons (Fsp3) is 0.130. The van der Waals surface area contributed by atoms with Gasteiger partial charge in [0.05, 0.1) is 29.4 Å². The number of nitrogens with one attached hydrogen (secondary N) is 1. The highest BCUT2D eigenvalue weighted by molar-refractivity contribution is 6.03. The van der Waals surface area contributed by atoms with Gasteiger partial charge in [-0.15, -0.1) is 0 Å². The van der Waals surface area contributed by atoms with Crippen molar-refractivity contribution in [2.24, 2.45) is 0 Å². The smallest absolute Gasteiger partial charge is 0.419 e. The summed E-state index contributed by atoms with van der Waals surface area (Å²) in [6, 6.07) is 14.7. The second-order valence-corrected chi connectivity index (χ2v) is 6.99. The molecule has 0 aliphatic carbocycles. The molecule has 33 heavy (non-hydrogen) atoms. The molecule has 4 rings (SSSR count). The predicted molar refractivity (Wildman–Crippen MR) is 111 cm³/mol. The minimum Gasteiger partial charge on any atom is -0.490 e. The molecule has 0 saturated carbocycles. The van der Waals surface area contributed by atoms with Crippen LogP contribution in [0.4, 0.5) is 33.7 Å². The van der Waals surface area contributed by atoms with E-state index in [4.69, 9.17) is 14.7 Å². The van der Waals surface area contributed by atoms with Gasteiger partial charge in [0.2, 0.25) is 0 Å². The summed E-state index contributed by atoms with van der Waals surface area (Å²) in [5.74, 6) is -0.198. The van der Waals surface area contributed by atoms with E-state index >= 15 is 0 Å². The number of carbonyl (C=O) groups is 1. The van der Waals surface area contributed by atoms with E-state index < -0.39 is 23.6 Å². The number of nitrogens with zero attached hydrogens (tertiary/aromatic N) is 2. The molecule has 10 heteroatoms. The van der Waals surface area contributed by atoms with Crippen LogP contribution in [0.1, 0.15) is 11.1 Å². The highest BCUT2D eigenvalue weighted by Crippen LogP contribution is 2.37. The minimum absolute atomic E-state index is 0.131. The van der Waals surface area contributed by atoms with Crippen LogP contribution in [0.25, 0.3) is 0 Å². The third-order valence-electron chi connectivity index (χ3n) is 4.78. The number of urea groups is 1. The lowest BCUT2D eigenvalue weighted by Gasteiger charge is -2.30. The standard InChI is InChI=1S/C23H15F4N3O3/c24-19-7-3-15(11-18(19)23(25,26)27)29-22(31)30-9-10-32-21-8-6-17(12-20(21)30)33-16-4-1-14(13-28)2-5-16/h1-8,11-12H,9-10H2,(H,29,31). The molecule has 0 saturated heterocycles. The van der Waals surface area contributed by atoms with E-state index in [-0.39, 0.29) is 18.8 Å². The molecule has 6 nitrogen and oxygen atoms in total. The average Bonchev–Trinajstić information content (AvgIpc) is 2.79. The van der Waals surface area contributed by atoms with Crippen LogP contribution < -0.4 is 19.7 Å². The molecular formula is C23H15F4N3O3. The Morgan fingerprint density at radius 2 is 1.79 bits per heavy atom. The fourth-order valence-electron chi connectivity index (χ4n) is 3.22. The predicted octanol–water partition coefficient (Wildman–Crippen LogP) is 5.94. The Balaban J connectivity index is 1.56. The van der Waals surface area contributed by atoms with Crippen molar-refractivity contribution in [3.05, 3.63) is 77.6 Å². The molecule has 1 N–H and O–H groups in total. The number of nitriles is 1. The topological polar surface area (TPSA) is 74.6 Å². The first-order valence-corrected chi connectivity index (χ1v) is 9.65. The van der Waals surface area contributed by atoms with Crippen LogP contribution in [0.15, 0.2) is 60.7 Å². The molecule has 0 aromatic heterocycles. The molecule has 1 heterocycles. The minimum atomic E-state index is -4.89. The van der Waals surface area contributed by atoms with Crippen LogP contribution in [-0.2, 0) is 6.18 Å². The summed E-state index contributed by atoms with van der Waals surface area (Å²) in [6.45, 7) is 0.305. The van der Waals surface area contributed by atoms with Crippen molar-refractivity contribution < 1.29 is 31.8 Å². The number of anilines is 2. The van der Waals surface area contributed by atoms with E-state index in [0.29, 0.717) is 40.6 Å². The van der Waals surface area contributed by atoms with Crippen LogP contribution in [-0.4, -0.2) is 19.2 Å². The molecule has 0 fully saturated rings. The van der Waals surface area contributed by atoms with Crippen LogP contribution >= 0.6 is 0 Å². The van der Waals surface area contributed by atoms with Gasteiger partial charge in [-0.05, 0) is 54.6 Å². The third-order valence-corrected chi connectivity index (χ3v) is 4.78. The summed E-state index contributed by atoms with van der Waals surface area (Å²) in [4.78, 5) is 14.1. The van der Waals surface area contributed by atoms with Crippen molar-refractivity contribution >= 4 is 17.4 Å². The van der Waals surface area contributed by atoms with Crippen molar-refractivity contribution in [2.75, 3.05) is 23.4 Å². The van der Waals surface area contributed by atoms with Crippen molar-refractivity contribution in [2.45, 2.75) is 6.18 Å². The Morgan fingerprint density at radius 3 is 2.48 bits per heavy atom. The molecule has 168 valence electrons. The zero-order valence-corrected chi connectivity index (χ0v) is 16.8. The lowest BCUT2D eigenvalue weighted by atomic mass is 10.2. The second kappa shape index (κ2) is 8.70. The molecular weight excluding hydrogens is 442 g/mol. The second-order valence-electron chi connectivity index (χ2n) is 6.99. The molecule has 0 unspecified atom stereocenters. The SMILES string of the molecule is N#Cc1ccc(Oc2ccc3c(c2)N(C(=O)Nc2ccc(F)c(C(F)(F)F)c2)CCO3)cc1. The van der Waals surface area contributed by atoms with Crippen molar-refractivity contribution in [3.63, 3.8) is 0 Å². The molecule has 0 atom stereocenters. The number of amides is 2. The number of rotatable bonds is 3. The molecule has 1 aliphatic heterocycles. The van der Waals surface area contributed by atoms with Crippen LogP contribution in [0.2, 0.25) is 0 Å². The zero-order valence-electron chi connectivity index (χ0n) is 16.8. The maximum atomic E-state index is 13.5. The Bertz CT molecular complexity index is 1240. The summed E-state index contributed by atoms with van der Waals surface area (Å²) in [5, 5.41) is 11.3. The molecule has 0 spiro atoms. The quantitative estimate of drug-likeness (QED) is 0.494. The Kier molecular flexibility index (Phi) is 5.79. The maximum Gasteiger partial charge on any atom is 0.419 e. The van der Waals surface area contributed by atoms with E-state index in [1.54, 1.807) is 42.5 Å². The lowest BCUT2D eigenvalue weighted by Crippen LogP contribution is -2.40. The van der Waals surface area contributed by atoms with Gasteiger partial charge in [-0.2, -0.15) is 18.4 Å². The monoisotopic (exact) mass is 457 g/mol. The van der Waals surface area contributed by atoms with E-state index in [0.717, 1.165) is 6.07 Å². The summed E-state index contributed by atoms with van der Waals surface area (Å²) in [7, 11) is 0. The largest absolute Gasteiger partial charge is 0.490 e. The highest BCUT2D eigenvalue weighted by Gasteiger charge is 2.34. The Labute approximate surface area is 185 Å². The van der Waals surface area contributed by atoms with E-state index in [1.165, 1.54) is 4.90 Å². The number of fused-ring (bicyclic) bond motifs is 1. The van der Waals surface area contributed by atoms with Gasteiger partial charge < -0.3 is 14.8 Å². The zero-order chi connectivity index (χ0) is 23.6. The van der Waals surface area contributed by atoms with Gasteiger partial charge >= 0.3 is 12.2 Å². The third kappa shape index (κ3) is 4.82. The lowest BCUT2D eigenvalue weighted by molar-refractivity contribution is -0.139. The van der Waals surface area contributed by atoms with Crippen molar-refractivity contribution in [3.8, 4) is 23.3 Å². The first-order chi connectivity index (χ1) is 15.7. The normalized spacial score (nSPS) is 12.9. The fourth-order valence-corrected chi connectivity index (χ4v) is 3.22. The molecule has 2 amide bonds. The number of hydrogen-bond donors (Lipinski definition) is 1. The summed E-state index contributed by atoms with van der Waals surface area (Å²) in [6.07, 6.45) is -4.89. The van der Waals surface area contributed by atoms with Crippen LogP contribution in [0, 0.1) is 17.1 Å². The Morgan fingerprint density at radius 1 is 1.06 bits per heavy atom. The van der Waals surface area contributed by atoms with E-state index in [1.807, 2.05) is 6.07 Å². The number of hydrogen-bond acceptors (Lipinski definition) is 4. The van der Waals surface area contributed by atoms with Gasteiger partial charge in [0.25, 0.3) is 0 Å². The number of ether oxygens (including phenoxy) is 2. The van der Waals surface area contributed by atoms with E-state index in [2.05, 4.69) is 5.32 Å². The van der Waals surface area contributed by atoms with E-state index in [9.17, 15) is 22.4 Å². The summed E-state index contributed by atoms with van der Waals surface area (Å²) >= 11 is 0. The number of benzene rings is 3.